The summed E-state index contributed by atoms with van der Waals surface area (Å²) in [6.45, 7) is 2.30. The zero-order valence-electron chi connectivity index (χ0n) is 11.7. The van der Waals surface area contributed by atoms with E-state index in [2.05, 4.69) is 15.5 Å². The maximum atomic E-state index is 11.4. The number of carbonyl (C=O) groups excluding carboxylic acids is 1. The summed E-state index contributed by atoms with van der Waals surface area (Å²) < 4.78 is 6.86. The van der Waals surface area contributed by atoms with Gasteiger partial charge in [0.2, 0.25) is 0 Å². The molecule has 1 saturated heterocycles. The number of benzene rings is 1. The highest BCUT2D eigenvalue weighted by atomic mass is 16.5. The minimum atomic E-state index is -0.122. The fourth-order valence-corrected chi connectivity index (χ4v) is 2.79. The maximum absolute atomic E-state index is 11.4. The molecule has 1 aromatic heterocycles. The second-order valence-corrected chi connectivity index (χ2v) is 5.35. The van der Waals surface area contributed by atoms with E-state index in [1.165, 1.54) is 12.8 Å². The molecule has 0 unspecified atom stereocenters. The summed E-state index contributed by atoms with van der Waals surface area (Å²) >= 11 is 0. The molecule has 0 spiro atoms. The van der Waals surface area contributed by atoms with Crippen molar-refractivity contribution in [1.29, 1.82) is 0 Å². The third kappa shape index (κ3) is 2.14. The predicted octanol–water partition coefficient (Wildman–Crippen LogP) is 1.49. The van der Waals surface area contributed by atoms with Crippen molar-refractivity contribution >= 4 is 16.9 Å². The summed E-state index contributed by atoms with van der Waals surface area (Å²) in [6.07, 6.45) is 0. The molecular formula is C15H18N2O3. The molecule has 2 aromatic rings. The molecule has 1 aliphatic rings. The molecule has 0 radical (unpaired) electrons. The molecule has 5 heteroatoms. The normalized spacial score (nSPS) is 16.3. The molecule has 0 saturated carbocycles. The van der Waals surface area contributed by atoms with Gasteiger partial charge in [0.25, 0.3) is 0 Å². The van der Waals surface area contributed by atoms with Gasteiger partial charge in [-0.05, 0) is 24.3 Å². The first-order valence-corrected chi connectivity index (χ1v) is 6.66. The van der Waals surface area contributed by atoms with Gasteiger partial charge in [-0.15, -0.1) is 0 Å². The third-order valence-electron chi connectivity index (χ3n) is 4.00. The van der Waals surface area contributed by atoms with Gasteiger partial charge in [0.15, 0.2) is 0 Å². The summed E-state index contributed by atoms with van der Waals surface area (Å²) in [7, 11) is 3.45. The predicted molar refractivity (Wildman–Crippen MR) is 75.4 cm³/mol. The number of aromatic hydroxyl groups is 1. The van der Waals surface area contributed by atoms with Crippen LogP contribution in [0.3, 0.4) is 0 Å². The molecule has 1 aromatic carbocycles. The van der Waals surface area contributed by atoms with Crippen LogP contribution < -0.4 is 0 Å². The van der Waals surface area contributed by atoms with Gasteiger partial charge >= 0.3 is 5.97 Å². The van der Waals surface area contributed by atoms with Crippen molar-refractivity contribution in [2.24, 2.45) is 13.0 Å². The summed E-state index contributed by atoms with van der Waals surface area (Å²) in [4.78, 5) is 13.6. The Balaban J connectivity index is 1.73. The first-order valence-electron chi connectivity index (χ1n) is 6.66. The lowest BCUT2D eigenvalue weighted by Crippen LogP contribution is -2.50. The van der Waals surface area contributed by atoms with E-state index in [9.17, 15) is 9.90 Å². The lowest BCUT2D eigenvalue weighted by molar-refractivity contribution is -0.151. The Labute approximate surface area is 117 Å². The zero-order valence-corrected chi connectivity index (χ0v) is 11.7. The van der Waals surface area contributed by atoms with Crippen molar-refractivity contribution in [3.05, 3.63) is 30.0 Å². The number of esters is 1. The number of aromatic nitrogens is 1. The Bertz CT molecular complexity index is 656. The summed E-state index contributed by atoms with van der Waals surface area (Å²) in [5.74, 6) is 0.172. The molecule has 20 heavy (non-hydrogen) atoms. The number of carbonyl (C=O) groups is 1. The number of methoxy groups -OCH3 is 1. The van der Waals surface area contributed by atoms with Crippen molar-refractivity contribution < 1.29 is 14.6 Å². The third-order valence-corrected chi connectivity index (χ3v) is 4.00. The minimum Gasteiger partial charge on any atom is -0.508 e. The second-order valence-electron chi connectivity index (χ2n) is 5.35. The number of nitrogens with zero attached hydrogens (tertiary/aromatic N) is 2. The van der Waals surface area contributed by atoms with Crippen LogP contribution in [-0.2, 0) is 23.1 Å². The van der Waals surface area contributed by atoms with Gasteiger partial charge in [-0.2, -0.15) is 0 Å². The Morgan fingerprint density at radius 3 is 2.85 bits per heavy atom. The molecule has 1 fully saturated rings. The van der Waals surface area contributed by atoms with Gasteiger partial charge in [0.1, 0.15) is 5.75 Å². The minimum absolute atomic E-state index is 0.0127. The van der Waals surface area contributed by atoms with E-state index in [0.717, 1.165) is 30.5 Å². The first kappa shape index (κ1) is 13.0. The number of hydrogen-bond donors (Lipinski definition) is 1. The van der Waals surface area contributed by atoms with Crippen LogP contribution >= 0.6 is 0 Å². The molecule has 2 heterocycles. The first-order chi connectivity index (χ1) is 9.58. The summed E-state index contributed by atoms with van der Waals surface area (Å²) in [6, 6.07) is 7.47. The van der Waals surface area contributed by atoms with Crippen LogP contribution in [0.4, 0.5) is 0 Å². The van der Waals surface area contributed by atoms with Crippen LogP contribution in [0.5, 0.6) is 5.75 Å². The standard InChI is InChI=1S/C15H18N2O3/c1-16-12(5-10-6-13(18)3-4-14(10)16)9-17-7-11(8-17)15(19)20-2/h3-6,11,18H,7-9H2,1-2H3. The van der Waals surface area contributed by atoms with Crippen LogP contribution in [-0.4, -0.2) is 40.7 Å². The molecule has 0 atom stereocenters. The Kier molecular flexibility index (Phi) is 3.14. The topological polar surface area (TPSA) is 54.7 Å². The molecule has 5 nitrogen and oxygen atoms in total. The van der Waals surface area contributed by atoms with Crippen LogP contribution in [0.25, 0.3) is 10.9 Å². The maximum Gasteiger partial charge on any atom is 0.311 e. The van der Waals surface area contributed by atoms with E-state index in [0.29, 0.717) is 0 Å². The van der Waals surface area contributed by atoms with Gasteiger partial charge < -0.3 is 14.4 Å². The quantitative estimate of drug-likeness (QED) is 0.862. The SMILES string of the molecule is COC(=O)C1CN(Cc2cc3cc(O)ccc3n2C)C1. The van der Waals surface area contributed by atoms with Gasteiger partial charge in [-0.25, -0.2) is 0 Å². The van der Waals surface area contributed by atoms with Crippen molar-refractivity contribution in [2.45, 2.75) is 6.54 Å². The highest BCUT2D eigenvalue weighted by molar-refractivity contribution is 5.82. The lowest BCUT2D eigenvalue weighted by Gasteiger charge is -2.37. The molecule has 3 rings (SSSR count). The van der Waals surface area contributed by atoms with Crippen LogP contribution in [0.2, 0.25) is 0 Å². The smallest absolute Gasteiger partial charge is 0.311 e. The number of phenolic OH excluding ortho intramolecular Hbond substituents is 1. The number of fused-ring (bicyclic) bond motifs is 1. The Morgan fingerprint density at radius 2 is 2.15 bits per heavy atom. The van der Waals surface area contributed by atoms with Gasteiger partial charge in [0, 0.05) is 43.3 Å². The largest absolute Gasteiger partial charge is 0.508 e. The van der Waals surface area contributed by atoms with E-state index >= 15 is 0 Å². The van der Waals surface area contributed by atoms with Gasteiger partial charge in [-0.3, -0.25) is 9.69 Å². The highest BCUT2D eigenvalue weighted by Gasteiger charge is 2.33. The second kappa shape index (κ2) is 4.83. The lowest BCUT2D eigenvalue weighted by atomic mass is 10.0. The van der Waals surface area contributed by atoms with Gasteiger partial charge in [-0.1, -0.05) is 0 Å². The van der Waals surface area contributed by atoms with Crippen molar-refractivity contribution in [3.63, 3.8) is 0 Å². The van der Waals surface area contributed by atoms with Crippen LogP contribution in [0, 0.1) is 5.92 Å². The zero-order chi connectivity index (χ0) is 14.3. The number of rotatable bonds is 3. The van der Waals surface area contributed by atoms with Crippen molar-refractivity contribution in [2.75, 3.05) is 20.2 Å². The number of hydrogen-bond acceptors (Lipinski definition) is 4. The summed E-state index contributed by atoms with van der Waals surface area (Å²) in [5.41, 5.74) is 2.27. The van der Waals surface area contributed by atoms with E-state index in [1.807, 2.05) is 13.1 Å². The van der Waals surface area contributed by atoms with E-state index in [4.69, 9.17) is 4.74 Å². The number of ether oxygens (including phenoxy) is 1. The van der Waals surface area contributed by atoms with Gasteiger partial charge in [0.05, 0.1) is 13.0 Å². The average Bonchev–Trinajstić information content (AvgIpc) is 2.68. The monoisotopic (exact) mass is 274 g/mol. The van der Waals surface area contributed by atoms with E-state index in [-0.39, 0.29) is 17.6 Å². The van der Waals surface area contributed by atoms with Crippen LogP contribution in [0.1, 0.15) is 5.69 Å². The molecular weight excluding hydrogens is 256 g/mol. The number of phenols is 1. The van der Waals surface area contributed by atoms with Crippen molar-refractivity contribution in [1.82, 2.24) is 9.47 Å². The number of likely N-dealkylation sites (tertiary alicyclic amines) is 1. The van der Waals surface area contributed by atoms with Crippen LogP contribution in [0.15, 0.2) is 24.3 Å². The summed E-state index contributed by atoms with van der Waals surface area (Å²) in [5, 5.41) is 10.6. The van der Waals surface area contributed by atoms with E-state index in [1.54, 1.807) is 12.1 Å². The fraction of sp³-hybridized carbons (Fsp3) is 0.400. The molecule has 1 N–H and O–H groups in total. The molecule has 0 amide bonds. The Morgan fingerprint density at radius 1 is 1.40 bits per heavy atom. The van der Waals surface area contributed by atoms with Crippen molar-refractivity contribution in [3.8, 4) is 5.75 Å². The average molecular weight is 274 g/mol. The molecule has 1 aliphatic heterocycles. The van der Waals surface area contributed by atoms with E-state index < -0.39 is 0 Å². The highest BCUT2D eigenvalue weighted by Crippen LogP contribution is 2.26. The Hall–Kier alpha value is -2.01. The molecule has 0 aliphatic carbocycles. The molecule has 0 bridgehead atoms. The molecule has 106 valence electrons. The number of aryl methyl sites for hydroxylation is 1. The fourth-order valence-electron chi connectivity index (χ4n) is 2.79.